The fraction of sp³-hybridized carbons (Fsp3) is 0.529. The molecular formula is C17H23F3N2O2. The Morgan fingerprint density at radius 3 is 2.46 bits per heavy atom. The van der Waals surface area contributed by atoms with Gasteiger partial charge in [-0.1, -0.05) is 19.9 Å². The van der Waals surface area contributed by atoms with Crippen LogP contribution in [-0.2, 0) is 15.8 Å². The zero-order valence-electron chi connectivity index (χ0n) is 14.1. The first-order chi connectivity index (χ1) is 11.1. The van der Waals surface area contributed by atoms with Crippen molar-refractivity contribution in [2.75, 3.05) is 18.0 Å². The molecule has 0 atom stereocenters. The number of anilines is 1. The first kappa shape index (κ1) is 20.0. The molecule has 0 spiro atoms. The summed E-state index contributed by atoms with van der Waals surface area (Å²) in [5, 5.41) is 2.74. The van der Waals surface area contributed by atoms with Crippen LogP contribution >= 0.6 is 0 Å². The van der Waals surface area contributed by atoms with Crippen LogP contribution in [0.1, 0.15) is 39.2 Å². The van der Waals surface area contributed by atoms with E-state index in [0.29, 0.717) is 12.5 Å². The lowest BCUT2D eigenvalue weighted by Gasteiger charge is -2.22. The second-order valence-electron chi connectivity index (χ2n) is 6.00. The summed E-state index contributed by atoms with van der Waals surface area (Å²) in [4.78, 5) is 24.7. The molecule has 1 N–H and O–H groups in total. The van der Waals surface area contributed by atoms with E-state index in [2.05, 4.69) is 5.32 Å². The van der Waals surface area contributed by atoms with Gasteiger partial charge in [0.05, 0.1) is 5.56 Å². The van der Waals surface area contributed by atoms with Crippen LogP contribution in [0.4, 0.5) is 18.9 Å². The van der Waals surface area contributed by atoms with E-state index in [-0.39, 0.29) is 24.6 Å². The summed E-state index contributed by atoms with van der Waals surface area (Å²) < 4.78 is 38.4. The minimum Gasteiger partial charge on any atom is -0.356 e. The molecular weight excluding hydrogens is 321 g/mol. The van der Waals surface area contributed by atoms with Crippen LogP contribution in [-0.4, -0.2) is 24.9 Å². The number of nitrogens with zero attached hydrogens (tertiary/aromatic N) is 1. The van der Waals surface area contributed by atoms with Gasteiger partial charge in [0.25, 0.3) is 0 Å². The second kappa shape index (κ2) is 8.70. The predicted octanol–water partition coefficient (Wildman–Crippen LogP) is 3.61. The second-order valence-corrected chi connectivity index (χ2v) is 6.00. The third-order valence-electron chi connectivity index (χ3n) is 3.47. The van der Waals surface area contributed by atoms with Gasteiger partial charge in [0.15, 0.2) is 0 Å². The minimum absolute atomic E-state index is 0.0319. The average molecular weight is 344 g/mol. The molecule has 1 aromatic rings. The largest absolute Gasteiger partial charge is 0.416 e. The molecule has 4 nitrogen and oxygen atoms in total. The first-order valence-corrected chi connectivity index (χ1v) is 7.83. The quantitative estimate of drug-likeness (QED) is 0.821. The van der Waals surface area contributed by atoms with Crippen molar-refractivity contribution in [3.8, 4) is 0 Å². The maximum atomic E-state index is 12.8. The zero-order chi connectivity index (χ0) is 18.3. The van der Waals surface area contributed by atoms with Crippen molar-refractivity contribution in [3.63, 3.8) is 0 Å². The average Bonchev–Trinajstić information content (AvgIpc) is 2.46. The normalized spacial score (nSPS) is 11.5. The van der Waals surface area contributed by atoms with Crippen LogP contribution in [0, 0.1) is 5.92 Å². The summed E-state index contributed by atoms with van der Waals surface area (Å²) >= 11 is 0. The van der Waals surface area contributed by atoms with Crippen molar-refractivity contribution < 1.29 is 22.8 Å². The molecule has 0 radical (unpaired) electrons. The highest BCUT2D eigenvalue weighted by Gasteiger charge is 2.31. The fourth-order valence-corrected chi connectivity index (χ4v) is 2.12. The highest BCUT2D eigenvalue weighted by atomic mass is 19.4. The Balaban J connectivity index is 2.71. The smallest absolute Gasteiger partial charge is 0.356 e. The molecule has 0 heterocycles. The summed E-state index contributed by atoms with van der Waals surface area (Å²) in [5.41, 5.74) is -0.694. The zero-order valence-corrected chi connectivity index (χ0v) is 14.1. The standard InChI is InChI=1S/C17H23F3N2O2/c1-12(2)7-9-21-16(24)8-10-22(13(3)23)15-6-4-5-14(11-15)17(18,19)20/h4-6,11-12H,7-10H2,1-3H3,(H,21,24). The number of carbonyl (C=O) groups excluding carboxylic acids is 2. The van der Waals surface area contributed by atoms with Gasteiger partial charge in [-0.3, -0.25) is 9.59 Å². The monoisotopic (exact) mass is 344 g/mol. The number of rotatable bonds is 7. The van der Waals surface area contributed by atoms with Gasteiger partial charge >= 0.3 is 6.18 Å². The summed E-state index contributed by atoms with van der Waals surface area (Å²) in [6.45, 7) is 5.91. The van der Waals surface area contributed by atoms with E-state index >= 15 is 0 Å². The van der Waals surface area contributed by atoms with Crippen LogP contribution in [0.15, 0.2) is 24.3 Å². The number of amides is 2. The van der Waals surface area contributed by atoms with Gasteiger partial charge < -0.3 is 10.2 Å². The van der Waals surface area contributed by atoms with Gasteiger partial charge in [-0.05, 0) is 30.5 Å². The van der Waals surface area contributed by atoms with Crippen LogP contribution in [0.5, 0.6) is 0 Å². The maximum absolute atomic E-state index is 12.8. The number of benzene rings is 1. The SMILES string of the molecule is CC(=O)N(CCC(=O)NCCC(C)C)c1cccc(C(F)(F)F)c1. The molecule has 0 aliphatic heterocycles. The van der Waals surface area contributed by atoms with Gasteiger partial charge in [-0.15, -0.1) is 0 Å². The van der Waals surface area contributed by atoms with Gasteiger partial charge in [0.1, 0.15) is 0 Å². The molecule has 0 saturated heterocycles. The van der Waals surface area contributed by atoms with E-state index in [1.54, 1.807) is 0 Å². The Morgan fingerprint density at radius 2 is 1.92 bits per heavy atom. The Hall–Kier alpha value is -2.05. The first-order valence-electron chi connectivity index (χ1n) is 7.83. The molecule has 0 fully saturated rings. The summed E-state index contributed by atoms with van der Waals surface area (Å²) in [6, 6.07) is 4.53. The van der Waals surface area contributed by atoms with Crippen LogP contribution in [0.2, 0.25) is 0 Å². The molecule has 24 heavy (non-hydrogen) atoms. The van der Waals surface area contributed by atoms with Crippen molar-refractivity contribution in [1.82, 2.24) is 5.32 Å². The van der Waals surface area contributed by atoms with E-state index < -0.39 is 17.6 Å². The van der Waals surface area contributed by atoms with Crippen molar-refractivity contribution in [1.29, 1.82) is 0 Å². The van der Waals surface area contributed by atoms with Crippen LogP contribution < -0.4 is 10.2 Å². The van der Waals surface area contributed by atoms with E-state index in [1.807, 2.05) is 13.8 Å². The van der Waals surface area contributed by atoms with Gasteiger partial charge in [-0.25, -0.2) is 0 Å². The van der Waals surface area contributed by atoms with Gasteiger partial charge in [0, 0.05) is 32.1 Å². The fourth-order valence-electron chi connectivity index (χ4n) is 2.12. The lowest BCUT2D eigenvalue weighted by Crippen LogP contribution is -2.34. The Labute approximate surface area is 140 Å². The third kappa shape index (κ3) is 6.60. The van der Waals surface area contributed by atoms with Crippen molar-refractivity contribution in [2.24, 2.45) is 5.92 Å². The van der Waals surface area contributed by atoms with E-state index in [1.165, 1.54) is 24.0 Å². The predicted molar refractivity (Wildman–Crippen MR) is 86.6 cm³/mol. The van der Waals surface area contributed by atoms with E-state index in [0.717, 1.165) is 18.6 Å². The van der Waals surface area contributed by atoms with Gasteiger partial charge in [0.2, 0.25) is 11.8 Å². The molecule has 2 amide bonds. The maximum Gasteiger partial charge on any atom is 0.416 e. The highest BCUT2D eigenvalue weighted by Crippen LogP contribution is 2.31. The Kier molecular flexibility index (Phi) is 7.25. The lowest BCUT2D eigenvalue weighted by atomic mass is 10.1. The van der Waals surface area contributed by atoms with E-state index in [9.17, 15) is 22.8 Å². The Morgan fingerprint density at radius 1 is 1.25 bits per heavy atom. The Bertz CT molecular complexity index is 571. The molecule has 1 rings (SSSR count). The number of hydrogen-bond acceptors (Lipinski definition) is 2. The number of carbonyl (C=O) groups is 2. The van der Waals surface area contributed by atoms with Crippen LogP contribution in [0.3, 0.4) is 0 Å². The van der Waals surface area contributed by atoms with Crippen LogP contribution in [0.25, 0.3) is 0 Å². The molecule has 134 valence electrons. The molecule has 0 aliphatic rings. The molecule has 0 unspecified atom stereocenters. The van der Waals surface area contributed by atoms with Gasteiger partial charge in [-0.2, -0.15) is 13.2 Å². The van der Waals surface area contributed by atoms with E-state index in [4.69, 9.17) is 0 Å². The number of alkyl halides is 3. The molecule has 0 aliphatic carbocycles. The molecule has 7 heteroatoms. The highest BCUT2D eigenvalue weighted by molar-refractivity contribution is 5.92. The van der Waals surface area contributed by atoms with Crippen molar-refractivity contribution >= 4 is 17.5 Å². The number of nitrogens with one attached hydrogen (secondary N) is 1. The summed E-state index contributed by atoms with van der Waals surface area (Å²) in [6.07, 6.45) is -3.60. The third-order valence-corrected chi connectivity index (χ3v) is 3.47. The lowest BCUT2D eigenvalue weighted by molar-refractivity contribution is -0.137. The van der Waals surface area contributed by atoms with Crippen molar-refractivity contribution in [3.05, 3.63) is 29.8 Å². The minimum atomic E-state index is -4.48. The number of hydrogen-bond donors (Lipinski definition) is 1. The summed E-state index contributed by atoms with van der Waals surface area (Å²) in [7, 11) is 0. The molecule has 0 bridgehead atoms. The molecule has 0 aromatic heterocycles. The molecule has 0 saturated carbocycles. The summed E-state index contributed by atoms with van der Waals surface area (Å²) in [5.74, 6) is -0.178. The van der Waals surface area contributed by atoms with Crippen molar-refractivity contribution in [2.45, 2.75) is 39.8 Å². The molecule has 1 aromatic carbocycles. The number of halogens is 3. The topological polar surface area (TPSA) is 49.4 Å².